The number of hydrogen-bond donors (Lipinski definition) is 0. The lowest BCUT2D eigenvalue weighted by atomic mass is 9.90. The molecule has 2 fully saturated rings. The van der Waals surface area contributed by atoms with Crippen molar-refractivity contribution in [2.75, 3.05) is 52.5 Å². The predicted molar refractivity (Wildman–Crippen MR) is 157 cm³/mol. The highest BCUT2D eigenvalue weighted by atomic mass is 16.5. The standard InChI is InChI=1S/C34H42N2O3/c37-33(16-9-10-20-35-23-25-38-26-24-35)31-15-7-8-17-34(31)39-30-18-21-36(22-19-30)27-32(28-11-3-1-4-12-28)29-13-5-2-6-14-29/h1-8,11-15,17,30,32H,9-10,16,18-27H2. The first kappa shape index (κ1) is 27.6. The molecular formula is C34H42N2O3. The normalized spacial score (nSPS) is 17.4. The molecule has 0 atom stereocenters. The molecule has 0 aliphatic carbocycles. The maximum atomic E-state index is 13.1. The number of nitrogens with zero attached hydrogens (tertiary/aromatic N) is 2. The predicted octanol–water partition coefficient (Wildman–Crippen LogP) is 6.05. The van der Waals surface area contributed by atoms with Gasteiger partial charge in [-0.2, -0.15) is 0 Å². The molecule has 0 radical (unpaired) electrons. The fraction of sp³-hybridized carbons (Fsp3) is 0.441. The molecule has 0 unspecified atom stereocenters. The largest absolute Gasteiger partial charge is 0.490 e. The number of benzene rings is 3. The Kier molecular flexibility index (Phi) is 10.2. The van der Waals surface area contributed by atoms with E-state index in [9.17, 15) is 4.79 Å². The number of para-hydroxylation sites is 1. The summed E-state index contributed by atoms with van der Waals surface area (Å²) in [5, 5.41) is 0. The Balaban J connectivity index is 1.12. The molecule has 5 nitrogen and oxygen atoms in total. The van der Waals surface area contributed by atoms with Crippen molar-refractivity contribution in [1.82, 2.24) is 9.80 Å². The first-order valence-corrected chi connectivity index (χ1v) is 14.7. The highest BCUT2D eigenvalue weighted by Crippen LogP contribution is 2.29. The summed E-state index contributed by atoms with van der Waals surface area (Å²) >= 11 is 0. The Hall–Kier alpha value is -2.99. The number of carbonyl (C=O) groups is 1. The molecule has 2 aliphatic heterocycles. The lowest BCUT2D eigenvalue weighted by molar-refractivity contribution is 0.0371. The molecular weight excluding hydrogens is 484 g/mol. The molecule has 0 amide bonds. The fourth-order valence-electron chi connectivity index (χ4n) is 5.80. The SMILES string of the molecule is O=C(CCCCN1CCOCC1)c1ccccc1OC1CCN(CC(c2ccccc2)c2ccccc2)CC1. The minimum atomic E-state index is 0.142. The van der Waals surface area contributed by atoms with E-state index in [1.54, 1.807) is 0 Å². The van der Waals surface area contributed by atoms with Crippen LogP contribution in [0.25, 0.3) is 0 Å². The van der Waals surface area contributed by atoms with E-state index < -0.39 is 0 Å². The van der Waals surface area contributed by atoms with Crippen LogP contribution in [-0.4, -0.2) is 74.2 Å². The molecule has 39 heavy (non-hydrogen) atoms. The van der Waals surface area contributed by atoms with Gasteiger partial charge in [0.1, 0.15) is 11.9 Å². The second-order valence-electron chi connectivity index (χ2n) is 10.8. The highest BCUT2D eigenvalue weighted by Gasteiger charge is 2.25. The van der Waals surface area contributed by atoms with E-state index in [1.165, 1.54) is 11.1 Å². The molecule has 2 heterocycles. The monoisotopic (exact) mass is 526 g/mol. The van der Waals surface area contributed by atoms with Gasteiger partial charge in [-0.05, 0) is 55.5 Å². The van der Waals surface area contributed by atoms with Crippen molar-refractivity contribution in [3.63, 3.8) is 0 Å². The Morgan fingerprint density at radius 1 is 0.769 bits per heavy atom. The smallest absolute Gasteiger partial charge is 0.166 e. The van der Waals surface area contributed by atoms with Crippen LogP contribution in [0.15, 0.2) is 84.9 Å². The quantitative estimate of drug-likeness (QED) is 0.212. The van der Waals surface area contributed by atoms with Gasteiger partial charge in [0.25, 0.3) is 0 Å². The van der Waals surface area contributed by atoms with Crippen LogP contribution in [0.4, 0.5) is 0 Å². The van der Waals surface area contributed by atoms with Crippen molar-refractivity contribution >= 4 is 5.78 Å². The van der Waals surface area contributed by atoms with Crippen LogP contribution in [0.3, 0.4) is 0 Å². The minimum Gasteiger partial charge on any atom is -0.490 e. The number of ether oxygens (including phenoxy) is 2. The zero-order chi connectivity index (χ0) is 26.7. The maximum absolute atomic E-state index is 13.1. The van der Waals surface area contributed by atoms with Crippen LogP contribution < -0.4 is 4.74 Å². The van der Waals surface area contributed by atoms with Crippen LogP contribution in [0.5, 0.6) is 5.75 Å². The Bertz CT molecular complexity index is 1100. The van der Waals surface area contributed by atoms with Crippen molar-refractivity contribution in [2.45, 2.75) is 44.1 Å². The van der Waals surface area contributed by atoms with E-state index in [1.807, 2.05) is 24.3 Å². The summed E-state index contributed by atoms with van der Waals surface area (Å²) in [6.07, 6.45) is 4.61. The molecule has 0 aromatic heterocycles. The van der Waals surface area contributed by atoms with Gasteiger partial charge in [0.2, 0.25) is 0 Å². The zero-order valence-corrected chi connectivity index (χ0v) is 23.0. The van der Waals surface area contributed by atoms with Gasteiger partial charge in [-0.3, -0.25) is 9.69 Å². The molecule has 2 saturated heterocycles. The molecule has 3 aromatic rings. The van der Waals surface area contributed by atoms with Gasteiger partial charge in [-0.25, -0.2) is 0 Å². The van der Waals surface area contributed by atoms with Crippen molar-refractivity contribution in [2.24, 2.45) is 0 Å². The number of carbonyl (C=O) groups excluding carboxylic acids is 1. The van der Waals surface area contributed by atoms with Crippen LogP contribution in [-0.2, 0) is 4.74 Å². The van der Waals surface area contributed by atoms with Gasteiger partial charge in [0.15, 0.2) is 5.78 Å². The number of likely N-dealkylation sites (tertiary alicyclic amines) is 1. The Morgan fingerprint density at radius 3 is 2.05 bits per heavy atom. The van der Waals surface area contributed by atoms with Gasteiger partial charge in [-0.1, -0.05) is 72.8 Å². The van der Waals surface area contributed by atoms with Crippen LogP contribution in [0.2, 0.25) is 0 Å². The molecule has 2 aliphatic rings. The summed E-state index contributed by atoms with van der Waals surface area (Å²) in [5.74, 6) is 1.30. The molecule has 0 spiro atoms. The van der Waals surface area contributed by atoms with E-state index in [2.05, 4.69) is 70.5 Å². The van der Waals surface area contributed by atoms with Gasteiger partial charge < -0.3 is 14.4 Å². The van der Waals surface area contributed by atoms with Crippen LogP contribution in [0.1, 0.15) is 59.5 Å². The molecule has 0 bridgehead atoms. The van der Waals surface area contributed by atoms with Crippen molar-refractivity contribution in [1.29, 1.82) is 0 Å². The lowest BCUT2D eigenvalue weighted by Crippen LogP contribution is -2.40. The summed E-state index contributed by atoms with van der Waals surface area (Å²) in [4.78, 5) is 18.1. The van der Waals surface area contributed by atoms with Crippen molar-refractivity contribution in [3.05, 3.63) is 102 Å². The molecule has 5 heteroatoms. The van der Waals surface area contributed by atoms with Crippen molar-refractivity contribution in [3.8, 4) is 5.75 Å². The number of ketones is 1. The van der Waals surface area contributed by atoms with Gasteiger partial charge in [0, 0.05) is 45.1 Å². The average molecular weight is 527 g/mol. The molecule has 206 valence electrons. The molecule has 3 aromatic carbocycles. The van der Waals surface area contributed by atoms with Gasteiger partial charge in [-0.15, -0.1) is 0 Å². The first-order valence-electron chi connectivity index (χ1n) is 14.7. The number of morpholine rings is 1. The third kappa shape index (κ3) is 8.01. The third-order valence-corrected chi connectivity index (χ3v) is 8.09. The topological polar surface area (TPSA) is 42.0 Å². The first-order chi connectivity index (χ1) is 19.3. The number of piperidine rings is 1. The second kappa shape index (κ2) is 14.4. The molecule has 0 saturated carbocycles. The second-order valence-corrected chi connectivity index (χ2v) is 10.8. The minimum absolute atomic E-state index is 0.142. The number of rotatable bonds is 12. The summed E-state index contributed by atoms with van der Waals surface area (Å²) in [6, 6.07) is 29.5. The maximum Gasteiger partial charge on any atom is 0.166 e. The summed E-state index contributed by atoms with van der Waals surface area (Å²) < 4.78 is 11.9. The average Bonchev–Trinajstić information content (AvgIpc) is 3.00. The van der Waals surface area contributed by atoms with Crippen LogP contribution in [0, 0.1) is 0 Å². The summed E-state index contributed by atoms with van der Waals surface area (Å²) in [7, 11) is 0. The van der Waals surface area contributed by atoms with Gasteiger partial charge in [0.05, 0.1) is 18.8 Å². The number of unbranched alkanes of at least 4 members (excludes halogenated alkanes) is 1. The van der Waals surface area contributed by atoms with E-state index in [-0.39, 0.29) is 11.9 Å². The zero-order valence-electron chi connectivity index (χ0n) is 23.0. The fourth-order valence-corrected chi connectivity index (χ4v) is 5.80. The number of Topliss-reactive ketones (excluding diaryl/α,β-unsaturated/α-hetero) is 1. The van der Waals surface area contributed by atoms with Crippen molar-refractivity contribution < 1.29 is 14.3 Å². The summed E-state index contributed by atoms with van der Waals surface area (Å²) in [6.45, 7) is 7.69. The molecule has 0 N–H and O–H groups in total. The molecule has 5 rings (SSSR count). The van der Waals surface area contributed by atoms with E-state index in [4.69, 9.17) is 9.47 Å². The Morgan fingerprint density at radius 2 is 1.38 bits per heavy atom. The highest BCUT2D eigenvalue weighted by molar-refractivity contribution is 5.98. The lowest BCUT2D eigenvalue weighted by Gasteiger charge is -2.35. The summed E-state index contributed by atoms with van der Waals surface area (Å²) in [5.41, 5.74) is 3.46. The third-order valence-electron chi connectivity index (χ3n) is 8.09. The Labute approximate surface area is 233 Å². The van der Waals surface area contributed by atoms with E-state index >= 15 is 0 Å². The van der Waals surface area contributed by atoms with E-state index in [0.29, 0.717) is 12.3 Å². The van der Waals surface area contributed by atoms with Gasteiger partial charge >= 0.3 is 0 Å². The van der Waals surface area contributed by atoms with E-state index in [0.717, 1.165) is 89.5 Å². The van der Waals surface area contributed by atoms with Crippen LogP contribution >= 0.6 is 0 Å². The number of hydrogen-bond acceptors (Lipinski definition) is 5.